The molecule has 0 aliphatic heterocycles. The number of hydrogen-bond donors (Lipinski definition) is 2. The van der Waals surface area contributed by atoms with Gasteiger partial charge in [0.25, 0.3) is 0 Å². The number of phenolic OH excluding ortho intramolecular Hbond substituents is 1. The average molecular weight is 215 g/mol. The Hall–Kier alpha value is -1.07. The standard InChI is InChI=1S/C9H13NO3S/c1-7(2)10-14(12,13)9-6-4-3-5-8(9)11/h3-7,10-11H,1-2H3. The van der Waals surface area contributed by atoms with E-state index in [4.69, 9.17) is 0 Å². The Morgan fingerprint density at radius 3 is 2.36 bits per heavy atom. The van der Waals surface area contributed by atoms with Crippen molar-refractivity contribution in [2.75, 3.05) is 0 Å². The first-order valence-electron chi connectivity index (χ1n) is 4.24. The molecule has 0 spiro atoms. The highest BCUT2D eigenvalue weighted by Crippen LogP contribution is 2.21. The number of sulfonamides is 1. The quantitative estimate of drug-likeness (QED) is 0.792. The van der Waals surface area contributed by atoms with E-state index in [1.807, 2.05) is 0 Å². The Kier molecular flexibility index (Phi) is 3.13. The molecule has 4 nitrogen and oxygen atoms in total. The molecule has 1 aromatic carbocycles. The van der Waals surface area contributed by atoms with Crippen LogP contribution in [0.1, 0.15) is 13.8 Å². The molecule has 0 saturated heterocycles. The Bertz CT molecular complexity index is 412. The van der Waals surface area contributed by atoms with Gasteiger partial charge in [-0.1, -0.05) is 12.1 Å². The van der Waals surface area contributed by atoms with Gasteiger partial charge in [0.1, 0.15) is 10.6 Å². The highest BCUT2D eigenvalue weighted by molar-refractivity contribution is 7.89. The van der Waals surface area contributed by atoms with E-state index in [-0.39, 0.29) is 16.7 Å². The summed E-state index contributed by atoms with van der Waals surface area (Å²) in [6.45, 7) is 3.44. The van der Waals surface area contributed by atoms with Crippen molar-refractivity contribution in [2.24, 2.45) is 0 Å². The molecule has 0 atom stereocenters. The molecular weight excluding hydrogens is 202 g/mol. The maximum Gasteiger partial charge on any atom is 0.244 e. The molecule has 1 rings (SSSR count). The fourth-order valence-corrected chi connectivity index (χ4v) is 2.41. The second-order valence-corrected chi connectivity index (χ2v) is 4.93. The minimum Gasteiger partial charge on any atom is -0.507 e. The van der Waals surface area contributed by atoms with E-state index in [1.54, 1.807) is 26.0 Å². The van der Waals surface area contributed by atoms with Gasteiger partial charge in [0.2, 0.25) is 10.0 Å². The van der Waals surface area contributed by atoms with Crippen LogP contribution in [0.2, 0.25) is 0 Å². The number of nitrogens with one attached hydrogen (secondary N) is 1. The molecule has 0 fully saturated rings. The normalized spacial score (nSPS) is 11.9. The molecule has 0 amide bonds. The Labute approximate surface area is 83.6 Å². The molecule has 2 N–H and O–H groups in total. The summed E-state index contributed by atoms with van der Waals surface area (Å²) in [6.07, 6.45) is 0. The first-order valence-corrected chi connectivity index (χ1v) is 5.72. The fraction of sp³-hybridized carbons (Fsp3) is 0.333. The van der Waals surface area contributed by atoms with Crippen molar-refractivity contribution < 1.29 is 13.5 Å². The van der Waals surface area contributed by atoms with E-state index in [0.29, 0.717) is 0 Å². The van der Waals surface area contributed by atoms with Gasteiger partial charge in [-0.25, -0.2) is 13.1 Å². The summed E-state index contributed by atoms with van der Waals surface area (Å²) in [6, 6.07) is 5.65. The molecule has 0 saturated carbocycles. The molecule has 0 aliphatic rings. The van der Waals surface area contributed by atoms with Crippen LogP contribution < -0.4 is 4.72 Å². The first kappa shape index (κ1) is 11.0. The minimum absolute atomic E-state index is 0.0892. The topological polar surface area (TPSA) is 66.4 Å². The number of hydrogen-bond acceptors (Lipinski definition) is 3. The predicted octanol–water partition coefficient (Wildman–Crippen LogP) is 1.08. The molecule has 0 heterocycles. The average Bonchev–Trinajstić information content (AvgIpc) is 2.02. The van der Waals surface area contributed by atoms with Crippen LogP contribution in [0.15, 0.2) is 29.2 Å². The van der Waals surface area contributed by atoms with Crippen LogP contribution >= 0.6 is 0 Å². The largest absolute Gasteiger partial charge is 0.507 e. The molecule has 0 aliphatic carbocycles. The third-order valence-electron chi connectivity index (χ3n) is 1.55. The summed E-state index contributed by atoms with van der Waals surface area (Å²) in [7, 11) is -3.59. The van der Waals surface area contributed by atoms with Crippen molar-refractivity contribution in [1.82, 2.24) is 4.72 Å². The molecule has 14 heavy (non-hydrogen) atoms. The summed E-state index contributed by atoms with van der Waals surface area (Å²) in [5, 5.41) is 9.34. The highest BCUT2D eigenvalue weighted by atomic mass is 32.2. The number of benzene rings is 1. The number of para-hydroxylation sites is 1. The molecule has 0 unspecified atom stereocenters. The fourth-order valence-electron chi connectivity index (χ4n) is 1.06. The van der Waals surface area contributed by atoms with E-state index in [2.05, 4.69) is 4.72 Å². The highest BCUT2D eigenvalue weighted by Gasteiger charge is 2.18. The van der Waals surface area contributed by atoms with Crippen molar-refractivity contribution >= 4 is 10.0 Å². The van der Waals surface area contributed by atoms with Gasteiger partial charge < -0.3 is 5.11 Å². The molecule has 1 aromatic rings. The molecule has 0 bridgehead atoms. The van der Waals surface area contributed by atoms with Crippen LogP contribution in [-0.4, -0.2) is 19.6 Å². The monoisotopic (exact) mass is 215 g/mol. The van der Waals surface area contributed by atoms with Crippen LogP contribution in [-0.2, 0) is 10.0 Å². The second kappa shape index (κ2) is 3.98. The van der Waals surface area contributed by atoms with Gasteiger partial charge in [0.05, 0.1) is 0 Å². The van der Waals surface area contributed by atoms with Crippen LogP contribution in [0.3, 0.4) is 0 Å². The molecule has 5 heteroatoms. The second-order valence-electron chi connectivity index (χ2n) is 3.24. The number of rotatable bonds is 3. The summed E-state index contributed by atoms with van der Waals surface area (Å²) < 4.78 is 25.6. The maximum atomic E-state index is 11.6. The van der Waals surface area contributed by atoms with E-state index < -0.39 is 10.0 Å². The zero-order chi connectivity index (χ0) is 10.8. The van der Waals surface area contributed by atoms with Gasteiger partial charge in [-0.15, -0.1) is 0 Å². The van der Waals surface area contributed by atoms with Crippen LogP contribution in [0.25, 0.3) is 0 Å². The zero-order valence-electron chi connectivity index (χ0n) is 8.06. The van der Waals surface area contributed by atoms with Gasteiger partial charge in [-0.3, -0.25) is 0 Å². The van der Waals surface area contributed by atoms with Gasteiger partial charge >= 0.3 is 0 Å². The predicted molar refractivity (Wildman–Crippen MR) is 53.6 cm³/mol. The van der Waals surface area contributed by atoms with Crippen LogP contribution in [0.4, 0.5) is 0 Å². The lowest BCUT2D eigenvalue weighted by molar-refractivity contribution is 0.457. The Balaban J connectivity index is 3.11. The Morgan fingerprint density at radius 1 is 1.29 bits per heavy atom. The molecule has 0 aromatic heterocycles. The van der Waals surface area contributed by atoms with E-state index >= 15 is 0 Å². The number of phenols is 1. The summed E-state index contributed by atoms with van der Waals surface area (Å²) in [5.41, 5.74) is 0. The van der Waals surface area contributed by atoms with Crippen molar-refractivity contribution in [2.45, 2.75) is 24.8 Å². The lowest BCUT2D eigenvalue weighted by Crippen LogP contribution is -2.30. The van der Waals surface area contributed by atoms with Gasteiger partial charge in [-0.05, 0) is 26.0 Å². The molecular formula is C9H13NO3S. The summed E-state index contributed by atoms with van der Waals surface area (Å²) >= 11 is 0. The first-order chi connectivity index (χ1) is 6.43. The van der Waals surface area contributed by atoms with Crippen molar-refractivity contribution in [1.29, 1.82) is 0 Å². The van der Waals surface area contributed by atoms with Crippen molar-refractivity contribution in [3.05, 3.63) is 24.3 Å². The van der Waals surface area contributed by atoms with Crippen molar-refractivity contribution in [3.63, 3.8) is 0 Å². The third kappa shape index (κ3) is 2.46. The van der Waals surface area contributed by atoms with Gasteiger partial charge in [0.15, 0.2) is 0 Å². The molecule has 78 valence electrons. The van der Waals surface area contributed by atoms with Crippen LogP contribution in [0, 0.1) is 0 Å². The third-order valence-corrected chi connectivity index (χ3v) is 3.25. The smallest absolute Gasteiger partial charge is 0.244 e. The lowest BCUT2D eigenvalue weighted by atomic mass is 10.3. The van der Waals surface area contributed by atoms with Gasteiger partial charge in [-0.2, -0.15) is 0 Å². The molecule has 0 radical (unpaired) electrons. The van der Waals surface area contributed by atoms with Crippen molar-refractivity contribution in [3.8, 4) is 5.75 Å². The van der Waals surface area contributed by atoms with Crippen LogP contribution in [0.5, 0.6) is 5.75 Å². The van der Waals surface area contributed by atoms with Gasteiger partial charge in [0, 0.05) is 6.04 Å². The zero-order valence-corrected chi connectivity index (χ0v) is 8.88. The van der Waals surface area contributed by atoms with E-state index in [1.165, 1.54) is 12.1 Å². The maximum absolute atomic E-state index is 11.6. The SMILES string of the molecule is CC(C)NS(=O)(=O)c1ccccc1O. The Morgan fingerprint density at radius 2 is 1.86 bits per heavy atom. The number of aromatic hydroxyl groups is 1. The summed E-state index contributed by atoms with van der Waals surface area (Å²) in [5.74, 6) is -0.236. The minimum atomic E-state index is -3.59. The lowest BCUT2D eigenvalue weighted by Gasteiger charge is -2.10. The summed E-state index contributed by atoms with van der Waals surface area (Å²) in [4.78, 5) is -0.0892. The van der Waals surface area contributed by atoms with E-state index in [0.717, 1.165) is 0 Å². The van der Waals surface area contributed by atoms with E-state index in [9.17, 15) is 13.5 Å².